The van der Waals surface area contributed by atoms with Gasteiger partial charge in [0.05, 0.1) is 5.75 Å². The van der Waals surface area contributed by atoms with Crippen LogP contribution in [0.15, 0.2) is 24.3 Å². The van der Waals surface area contributed by atoms with Crippen LogP contribution < -0.4 is 10.5 Å². The molecule has 0 heterocycles. The van der Waals surface area contributed by atoms with Crippen LogP contribution in [0.5, 0.6) is 0 Å². The van der Waals surface area contributed by atoms with Crippen LogP contribution in [-0.4, -0.2) is 14.5 Å². The fourth-order valence-electron chi connectivity index (χ4n) is 3.14. The van der Waals surface area contributed by atoms with Gasteiger partial charge in [-0.3, -0.25) is 0 Å². The molecule has 1 aromatic carbocycles. The van der Waals surface area contributed by atoms with Crippen molar-refractivity contribution >= 4 is 15.7 Å². The Morgan fingerprint density at radius 2 is 1.86 bits per heavy atom. The summed E-state index contributed by atoms with van der Waals surface area (Å²) in [6.45, 7) is 2.21. The van der Waals surface area contributed by atoms with Crippen LogP contribution in [0.3, 0.4) is 0 Å². The number of nitrogen functional groups attached to an aromatic ring is 1. The number of nitrogens with one attached hydrogen (secondary N) is 1. The van der Waals surface area contributed by atoms with Crippen LogP contribution in [0.2, 0.25) is 0 Å². The summed E-state index contributed by atoms with van der Waals surface area (Å²) in [5, 5.41) is 0. The molecule has 2 rings (SSSR count). The van der Waals surface area contributed by atoms with Crippen LogP contribution in [0.4, 0.5) is 5.69 Å². The molecule has 0 saturated heterocycles. The first-order chi connectivity index (χ1) is 10.00. The van der Waals surface area contributed by atoms with Crippen molar-refractivity contribution in [3.63, 3.8) is 0 Å². The second kappa shape index (κ2) is 7.27. The van der Waals surface area contributed by atoms with Crippen LogP contribution in [-0.2, 0) is 15.8 Å². The minimum atomic E-state index is -3.32. The predicted molar refractivity (Wildman–Crippen MR) is 87.3 cm³/mol. The zero-order valence-corrected chi connectivity index (χ0v) is 13.5. The summed E-state index contributed by atoms with van der Waals surface area (Å²) in [7, 11) is -3.32. The molecule has 21 heavy (non-hydrogen) atoms. The van der Waals surface area contributed by atoms with E-state index in [1.54, 1.807) is 12.1 Å². The second-order valence-corrected chi connectivity index (χ2v) is 7.84. The number of nitrogens with two attached hydrogens (primary N) is 1. The number of para-hydroxylation sites is 1. The molecule has 0 spiro atoms. The minimum absolute atomic E-state index is 0.0332. The van der Waals surface area contributed by atoms with E-state index >= 15 is 0 Å². The highest BCUT2D eigenvalue weighted by Gasteiger charge is 2.24. The third-order valence-electron chi connectivity index (χ3n) is 4.29. The molecule has 0 bridgehead atoms. The third kappa shape index (κ3) is 5.00. The average molecular weight is 310 g/mol. The van der Waals surface area contributed by atoms with E-state index in [9.17, 15) is 8.42 Å². The Hall–Kier alpha value is -1.07. The maximum atomic E-state index is 12.3. The Morgan fingerprint density at radius 1 is 1.19 bits per heavy atom. The SMILES string of the molecule is CCCC1CCC(NS(=O)(=O)Cc2ccccc2N)CC1. The van der Waals surface area contributed by atoms with E-state index in [1.807, 2.05) is 12.1 Å². The maximum absolute atomic E-state index is 12.3. The van der Waals surface area contributed by atoms with Gasteiger partial charge in [0.15, 0.2) is 0 Å². The van der Waals surface area contributed by atoms with E-state index in [0.717, 1.165) is 31.6 Å². The van der Waals surface area contributed by atoms with Crippen molar-refractivity contribution in [3.8, 4) is 0 Å². The number of anilines is 1. The topological polar surface area (TPSA) is 72.2 Å². The standard InChI is InChI=1S/C16H26N2O2S/c1-2-5-13-8-10-15(11-9-13)18-21(19,20)12-14-6-3-4-7-16(14)17/h3-4,6-7,13,15,18H,2,5,8-12,17H2,1H3. The van der Waals surface area contributed by atoms with E-state index in [1.165, 1.54) is 12.8 Å². The van der Waals surface area contributed by atoms with E-state index in [0.29, 0.717) is 11.3 Å². The first kappa shape index (κ1) is 16.3. The first-order valence-corrected chi connectivity index (χ1v) is 9.49. The Morgan fingerprint density at radius 3 is 2.48 bits per heavy atom. The normalized spacial score (nSPS) is 23.1. The molecular formula is C16H26N2O2S. The summed E-state index contributed by atoms with van der Waals surface area (Å²) in [5.74, 6) is 0.745. The largest absolute Gasteiger partial charge is 0.398 e. The van der Waals surface area contributed by atoms with Gasteiger partial charge >= 0.3 is 0 Å². The van der Waals surface area contributed by atoms with E-state index < -0.39 is 10.0 Å². The zero-order valence-electron chi connectivity index (χ0n) is 12.7. The molecule has 1 aromatic rings. The quantitative estimate of drug-likeness (QED) is 0.793. The smallest absolute Gasteiger partial charge is 0.216 e. The van der Waals surface area contributed by atoms with Crippen molar-refractivity contribution in [2.45, 2.75) is 57.2 Å². The Bertz CT molecular complexity index is 549. The fraction of sp³-hybridized carbons (Fsp3) is 0.625. The van der Waals surface area contributed by atoms with Gasteiger partial charge < -0.3 is 5.73 Å². The lowest BCUT2D eigenvalue weighted by molar-refractivity contribution is 0.297. The molecule has 0 unspecified atom stereocenters. The predicted octanol–water partition coefficient (Wildman–Crippen LogP) is 3.05. The second-order valence-electron chi connectivity index (χ2n) is 6.08. The lowest BCUT2D eigenvalue weighted by Gasteiger charge is -2.28. The summed E-state index contributed by atoms with van der Waals surface area (Å²) >= 11 is 0. The summed E-state index contributed by atoms with van der Waals surface area (Å²) in [6, 6.07) is 7.23. The Kier molecular flexibility index (Phi) is 5.65. The highest BCUT2D eigenvalue weighted by atomic mass is 32.2. The van der Waals surface area contributed by atoms with Crippen molar-refractivity contribution in [3.05, 3.63) is 29.8 Å². The molecule has 1 saturated carbocycles. The molecule has 0 aliphatic heterocycles. The number of hydrogen-bond donors (Lipinski definition) is 2. The van der Waals surface area contributed by atoms with Crippen molar-refractivity contribution in [2.24, 2.45) is 5.92 Å². The number of benzene rings is 1. The monoisotopic (exact) mass is 310 g/mol. The van der Waals surface area contributed by atoms with Gasteiger partial charge in [-0.2, -0.15) is 0 Å². The van der Waals surface area contributed by atoms with Crippen molar-refractivity contribution in [1.29, 1.82) is 0 Å². The molecule has 1 fully saturated rings. The molecular weight excluding hydrogens is 284 g/mol. The van der Waals surface area contributed by atoms with Crippen molar-refractivity contribution < 1.29 is 8.42 Å². The lowest BCUT2D eigenvalue weighted by atomic mass is 9.84. The molecule has 0 aromatic heterocycles. The van der Waals surface area contributed by atoms with Gasteiger partial charge in [-0.15, -0.1) is 0 Å². The van der Waals surface area contributed by atoms with Gasteiger partial charge in [0.25, 0.3) is 0 Å². The number of sulfonamides is 1. The van der Waals surface area contributed by atoms with E-state index in [4.69, 9.17) is 5.73 Å². The minimum Gasteiger partial charge on any atom is -0.398 e. The van der Waals surface area contributed by atoms with Gasteiger partial charge in [-0.05, 0) is 43.2 Å². The maximum Gasteiger partial charge on any atom is 0.216 e. The third-order valence-corrected chi connectivity index (χ3v) is 5.67. The molecule has 1 aliphatic carbocycles. The highest BCUT2D eigenvalue weighted by molar-refractivity contribution is 7.88. The van der Waals surface area contributed by atoms with Gasteiger partial charge in [0.2, 0.25) is 10.0 Å². The highest BCUT2D eigenvalue weighted by Crippen LogP contribution is 2.28. The summed E-state index contributed by atoms with van der Waals surface area (Å²) in [5.41, 5.74) is 7.03. The van der Waals surface area contributed by atoms with Gasteiger partial charge in [-0.1, -0.05) is 38.0 Å². The molecule has 3 N–H and O–H groups in total. The van der Waals surface area contributed by atoms with Gasteiger partial charge in [-0.25, -0.2) is 13.1 Å². The van der Waals surface area contributed by atoms with Crippen molar-refractivity contribution in [1.82, 2.24) is 4.72 Å². The molecule has 0 amide bonds. The molecule has 118 valence electrons. The molecule has 4 nitrogen and oxygen atoms in total. The summed E-state index contributed by atoms with van der Waals surface area (Å²) in [4.78, 5) is 0. The average Bonchev–Trinajstić information content (AvgIpc) is 2.43. The van der Waals surface area contributed by atoms with Gasteiger partial charge in [0, 0.05) is 11.7 Å². The summed E-state index contributed by atoms with van der Waals surface area (Å²) < 4.78 is 27.4. The number of rotatable bonds is 6. The zero-order chi connectivity index (χ0) is 15.3. The molecule has 0 radical (unpaired) electrons. The summed E-state index contributed by atoms with van der Waals surface area (Å²) in [6.07, 6.45) is 6.65. The van der Waals surface area contributed by atoms with Gasteiger partial charge in [0.1, 0.15) is 0 Å². The molecule has 5 heteroatoms. The fourth-order valence-corrected chi connectivity index (χ4v) is 4.64. The Balaban J connectivity index is 1.89. The molecule has 1 aliphatic rings. The van der Waals surface area contributed by atoms with E-state index in [2.05, 4.69) is 11.6 Å². The van der Waals surface area contributed by atoms with Crippen LogP contribution >= 0.6 is 0 Å². The van der Waals surface area contributed by atoms with E-state index in [-0.39, 0.29) is 11.8 Å². The molecule has 0 atom stereocenters. The van der Waals surface area contributed by atoms with Crippen LogP contribution in [0.25, 0.3) is 0 Å². The van der Waals surface area contributed by atoms with Crippen LogP contribution in [0.1, 0.15) is 51.0 Å². The number of hydrogen-bond acceptors (Lipinski definition) is 3. The first-order valence-electron chi connectivity index (χ1n) is 7.83. The lowest BCUT2D eigenvalue weighted by Crippen LogP contribution is -2.38. The van der Waals surface area contributed by atoms with Crippen LogP contribution in [0, 0.1) is 5.92 Å². The van der Waals surface area contributed by atoms with Crippen molar-refractivity contribution in [2.75, 3.05) is 5.73 Å². The Labute approximate surface area is 128 Å².